The van der Waals surface area contributed by atoms with E-state index in [0.29, 0.717) is 11.1 Å². The first-order valence-electron chi connectivity index (χ1n) is 8.01. The van der Waals surface area contributed by atoms with Gasteiger partial charge < -0.3 is 10.5 Å². The Labute approximate surface area is 145 Å². The summed E-state index contributed by atoms with van der Waals surface area (Å²) >= 11 is 0. The van der Waals surface area contributed by atoms with Gasteiger partial charge in [-0.1, -0.05) is 30.3 Å². The Morgan fingerprint density at radius 1 is 1.12 bits per heavy atom. The van der Waals surface area contributed by atoms with Gasteiger partial charge in [-0.05, 0) is 31.2 Å². The van der Waals surface area contributed by atoms with E-state index in [2.05, 4.69) is 5.10 Å². The van der Waals surface area contributed by atoms with E-state index in [1.165, 1.54) is 0 Å². The predicted molar refractivity (Wildman–Crippen MR) is 95.3 cm³/mol. The van der Waals surface area contributed by atoms with Crippen LogP contribution in [0.15, 0.2) is 59.7 Å². The molecule has 2 aromatic rings. The lowest BCUT2D eigenvalue weighted by atomic mass is 10.1. The quantitative estimate of drug-likeness (QED) is 0.850. The number of rotatable bonds is 5. The van der Waals surface area contributed by atoms with Crippen LogP contribution in [-0.2, 0) is 9.53 Å². The summed E-state index contributed by atoms with van der Waals surface area (Å²) in [5.74, 6) is -1.31. The van der Waals surface area contributed by atoms with Crippen molar-refractivity contribution in [2.24, 2.45) is 10.8 Å². The van der Waals surface area contributed by atoms with Gasteiger partial charge >= 0.3 is 5.97 Å². The number of carbonyl (C=O) groups is 2. The highest BCUT2D eigenvalue weighted by atomic mass is 16.5. The van der Waals surface area contributed by atoms with Gasteiger partial charge in [-0.15, -0.1) is 0 Å². The van der Waals surface area contributed by atoms with E-state index < -0.39 is 18.0 Å². The summed E-state index contributed by atoms with van der Waals surface area (Å²) in [5.41, 5.74) is 8.26. The lowest BCUT2D eigenvalue weighted by Gasteiger charge is -2.16. The summed E-state index contributed by atoms with van der Waals surface area (Å²) < 4.78 is 5.31. The summed E-state index contributed by atoms with van der Waals surface area (Å²) in [4.78, 5) is 24.0. The molecular weight excluding hydrogens is 318 g/mol. The lowest BCUT2D eigenvalue weighted by Crippen LogP contribution is -2.26. The van der Waals surface area contributed by atoms with Crippen LogP contribution >= 0.6 is 0 Å². The average Bonchev–Trinajstić information content (AvgIpc) is 3.06. The van der Waals surface area contributed by atoms with Gasteiger partial charge in [-0.2, -0.15) is 5.10 Å². The third kappa shape index (κ3) is 3.85. The van der Waals surface area contributed by atoms with Gasteiger partial charge in [0.25, 0.3) is 5.91 Å². The number of amides is 1. The third-order valence-corrected chi connectivity index (χ3v) is 3.96. The van der Waals surface area contributed by atoms with Crippen molar-refractivity contribution >= 4 is 23.3 Å². The van der Waals surface area contributed by atoms with Gasteiger partial charge in [0.2, 0.25) is 6.10 Å². The van der Waals surface area contributed by atoms with E-state index in [9.17, 15) is 9.59 Å². The fraction of sp³-hybridized carbons (Fsp3) is 0.211. The SMILES string of the molecule is CC1=NN(c2ccc(C(=O)O[C@@H](C(N)=O)c3ccccc3)cc2)CC1. The Hall–Kier alpha value is -3.15. The first kappa shape index (κ1) is 16.7. The second-order valence-electron chi connectivity index (χ2n) is 5.85. The van der Waals surface area contributed by atoms with Gasteiger partial charge in [0.05, 0.1) is 11.3 Å². The molecule has 0 unspecified atom stereocenters. The maximum absolute atomic E-state index is 12.3. The first-order valence-corrected chi connectivity index (χ1v) is 8.01. The van der Waals surface area contributed by atoms with Crippen molar-refractivity contribution in [3.05, 3.63) is 65.7 Å². The molecule has 0 saturated heterocycles. The van der Waals surface area contributed by atoms with Crippen LogP contribution in [0.3, 0.4) is 0 Å². The smallest absolute Gasteiger partial charge is 0.339 e. The molecule has 0 radical (unpaired) electrons. The Balaban J connectivity index is 1.73. The fourth-order valence-corrected chi connectivity index (χ4v) is 2.62. The minimum atomic E-state index is -1.11. The predicted octanol–water partition coefficient (Wildman–Crippen LogP) is 2.66. The topological polar surface area (TPSA) is 85.0 Å². The van der Waals surface area contributed by atoms with Gasteiger partial charge in [-0.25, -0.2) is 4.79 Å². The number of carbonyl (C=O) groups excluding carboxylic acids is 2. The van der Waals surface area contributed by atoms with Crippen LogP contribution in [0.5, 0.6) is 0 Å². The van der Waals surface area contributed by atoms with Crippen molar-refractivity contribution in [2.75, 3.05) is 11.6 Å². The van der Waals surface area contributed by atoms with Crippen molar-refractivity contribution in [3.63, 3.8) is 0 Å². The Bertz CT molecular complexity index is 800. The molecule has 0 bridgehead atoms. The maximum atomic E-state index is 12.3. The van der Waals surface area contributed by atoms with Crippen molar-refractivity contribution in [2.45, 2.75) is 19.4 Å². The Morgan fingerprint density at radius 3 is 2.36 bits per heavy atom. The minimum Gasteiger partial charge on any atom is -0.444 e. The van der Waals surface area contributed by atoms with Crippen LogP contribution < -0.4 is 10.7 Å². The molecule has 2 aromatic carbocycles. The molecule has 25 heavy (non-hydrogen) atoms. The van der Waals surface area contributed by atoms with Crippen LogP contribution in [0.2, 0.25) is 0 Å². The van der Waals surface area contributed by atoms with Gasteiger partial charge in [0, 0.05) is 24.2 Å². The van der Waals surface area contributed by atoms with Crippen LogP contribution in [0.25, 0.3) is 0 Å². The van der Waals surface area contributed by atoms with E-state index in [1.54, 1.807) is 48.5 Å². The third-order valence-electron chi connectivity index (χ3n) is 3.96. The summed E-state index contributed by atoms with van der Waals surface area (Å²) in [6.45, 7) is 2.81. The highest BCUT2D eigenvalue weighted by molar-refractivity contribution is 5.93. The first-order chi connectivity index (χ1) is 12.0. The molecule has 6 heteroatoms. The monoisotopic (exact) mass is 337 g/mol. The summed E-state index contributed by atoms with van der Waals surface area (Å²) in [5, 5.41) is 6.31. The van der Waals surface area contributed by atoms with Crippen molar-refractivity contribution in [1.29, 1.82) is 0 Å². The van der Waals surface area contributed by atoms with Crippen LogP contribution in [0.1, 0.15) is 35.4 Å². The minimum absolute atomic E-state index is 0.353. The lowest BCUT2D eigenvalue weighted by molar-refractivity contribution is -0.127. The zero-order chi connectivity index (χ0) is 17.8. The Kier molecular flexibility index (Phi) is 4.79. The summed E-state index contributed by atoms with van der Waals surface area (Å²) in [7, 11) is 0. The number of primary amides is 1. The number of benzene rings is 2. The summed E-state index contributed by atoms with van der Waals surface area (Å²) in [6.07, 6.45) is -0.180. The molecular formula is C19H19N3O3. The van der Waals surface area contributed by atoms with E-state index in [0.717, 1.165) is 24.4 Å². The maximum Gasteiger partial charge on any atom is 0.339 e. The van der Waals surface area contributed by atoms with E-state index >= 15 is 0 Å². The molecule has 3 rings (SSSR count). The largest absolute Gasteiger partial charge is 0.444 e. The zero-order valence-corrected chi connectivity index (χ0v) is 13.9. The van der Waals surface area contributed by atoms with E-state index in [-0.39, 0.29) is 0 Å². The van der Waals surface area contributed by atoms with Gasteiger partial charge in [0.15, 0.2) is 0 Å². The van der Waals surface area contributed by atoms with Gasteiger partial charge in [0.1, 0.15) is 0 Å². The number of esters is 1. The second-order valence-corrected chi connectivity index (χ2v) is 5.85. The number of anilines is 1. The van der Waals surface area contributed by atoms with Crippen LogP contribution in [0, 0.1) is 0 Å². The van der Waals surface area contributed by atoms with Crippen LogP contribution in [-0.4, -0.2) is 24.1 Å². The molecule has 2 N–H and O–H groups in total. The molecule has 6 nitrogen and oxygen atoms in total. The number of hydrogen-bond donors (Lipinski definition) is 1. The molecule has 0 aliphatic carbocycles. The molecule has 1 aliphatic heterocycles. The fourth-order valence-electron chi connectivity index (χ4n) is 2.62. The second kappa shape index (κ2) is 7.17. The number of hydrazone groups is 1. The molecule has 0 saturated carbocycles. The van der Waals surface area contributed by atoms with Crippen molar-refractivity contribution in [1.82, 2.24) is 0 Å². The zero-order valence-electron chi connectivity index (χ0n) is 13.9. The molecule has 0 spiro atoms. The molecule has 1 amide bonds. The number of hydrogen-bond acceptors (Lipinski definition) is 5. The molecule has 1 aliphatic rings. The average molecular weight is 337 g/mol. The molecule has 128 valence electrons. The van der Waals surface area contributed by atoms with Gasteiger partial charge in [-0.3, -0.25) is 9.80 Å². The number of nitrogens with two attached hydrogens (primary N) is 1. The molecule has 0 fully saturated rings. The highest BCUT2D eigenvalue weighted by Crippen LogP contribution is 2.22. The Morgan fingerprint density at radius 2 is 1.80 bits per heavy atom. The van der Waals surface area contributed by atoms with E-state index in [4.69, 9.17) is 10.5 Å². The highest BCUT2D eigenvalue weighted by Gasteiger charge is 2.23. The molecule has 1 heterocycles. The number of ether oxygens (including phenoxy) is 1. The number of nitrogens with zero attached hydrogens (tertiary/aromatic N) is 2. The van der Waals surface area contributed by atoms with Crippen LogP contribution in [0.4, 0.5) is 5.69 Å². The molecule has 1 atom stereocenters. The van der Waals surface area contributed by atoms with Crippen molar-refractivity contribution < 1.29 is 14.3 Å². The van der Waals surface area contributed by atoms with E-state index in [1.807, 2.05) is 18.0 Å². The van der Waals surface area contributed by atoms with Crippen molar-refractivity contribution in [3.8, 4) is 0 Å². The normalized spacial score (nSPS) is 14.8. The standard InChI is InChI=1S/C19H19N3O3/c1-13-11-12-22(21-13)16-9-7-15(8-10-16)19(24)25-17(18(20)23)14-5-3-2-4-6-14/h2-10,17H,11-12H2,1H3,(H2,20,23)/t17-/m1/s1. The summed E-state index contributed by atoms with van der Waals surface area (Å²) in [6, 6.07) is 15.6. The molecule has 0 aromatic heterocycles.